The zero-order chi connectivity index (χ0) is 17.9. The third kappa shape index (κ3) is 3.32. The van der Waals surface area contributed by atoms with Crippen LogP contribution in [0.1, 0.15) is 5.56 Å². The number of halogens is 1. The number of hydrogen-bond donors (Lipinski definition) is 0. The average molecular weight is 347 g/mol. The molecule has 1 heterocycles. The Morgan fingerprint density at radius 3 is 2.54 bits per heavy atom. The SMILES string of the molecule is O=C(Cc1ccccc1)Oc1ccc2c(-c3ccc(F)cc3)noc2c1. The zero-order valence-electron chi connectivity index (χ0n) is 13.7. The van der Waals surface area contributed by atoms with Gasteiger partial charge in [-0.15, -0.1) is 0 Å². The number of carbonyl (C=O) groups excluding carboxylic acids is 1. The summed E-state index contributed by atoms with van der Waals surface area (Å²) in [6, 6.07) is 20.5. The summed E-state index contributed by atoms with van der Waals surface area (Å²) in [7, 11) is 0. The molecule has 0 aliphatic heterocycles. The maximum absolute atomic E-state index is 13.1. The van der Waals surface area contributed by atoms with Gasteiger partial charge < -0.3 is 9.26 Å². The maximum Gasteiger partial charge on any atom is 0.315 e. The van der Waals surface area contributed by atoms with Gasteiger partial charge in [0.1, 0.15) is 17.3 Å². The van der Waals surface area contributed by atoms with Gasteiger partial charge in [-0.2, -0.15) is 0 Å². The third-order valence-electron chi connectivity index (χ3n) is 3.98. The Bertz CT molecular complexity index is 1060. The van der Waals surface area contributed by atoms with Crippen molar-refractivity contribution >= 4 is 16.9 Å². The van der Waals surface area contributed by atoms with Gasteiger partial charge in [0.05, 0.1) is 6.42 Å². The number of nitrogens with zero attached hydrogens (tertiary/aromatic N) is 1. The molecule has 4 nitrogen and oxygen atoms in total. The van der Waals surface area contributed by atoms with E-state index in [0.717, 1.165) is 16.5 Å². The first-order valence-corrected chi connectivity index (χ1v) is 8.09. The van der Waals surface area contributed by atoms with Crippen molar-refractivity contribution < 1.29 is 18.4 Å². The molecular weight excluding hydrogens is 333 g/mol. The van der Waals surface area contributed by atoms with Gasteiger partial charge in [0, 0.05) is 17.0 Å². The first kappa shape index (κ1) is 16.0. The molecule has 1 aromatic heterocycles. The third-order valence-corrected chi connectivity index (χ3v) is 3.98. The molecule has 0 unspecified atom stereocenters. The van der Waals surface area contributed by atoms with E-state index >= 15 is 0 Å². The Morgan fingerprint density at radius 1 is 1.00 bits per heavy atom. The smallest absolute Gasteiger partial charge is 0.315 e. The molecule has 0 radical (unpaired) electrons. The summed E-state index contributed by atoms with van der Waals surface area (Å²) in [6.07, 6.45) is 0.191. The number of esters is 1. The lowest BCUT2D eigenvalue weighted by molar-refractivity contribution is -0.133. The normalized spacial score (nSPS) is 10.8. The Kier molecular flexibility index (Phi) is 4.19. The first-order valence-electron chi connectivity index (χ1n) is 8.09. The van der Waals surface area contributed by atoms with Crippen LogP contribution >= 0.6 is 0 Å². The summed E-state index contributed by atoms with van der Waals surface area (Å²) in [6.45, 7) is 0. The van der Waals surface area contributed by atoms with Gasteiger partial charge in [0.15, 0.2) is 5.58 Å². The number of carbonyl (C=O) groups is 1. The van der Waals surface area contributed by atoms with Crippen LogP contribution in [-0.4, -0.2) is 11.1 Å². The van der Waals surface area contributed by atoms with Crippen molar-refractivity contribution in [3.8, 4) is 17.0 Å². The number of ether oxygens (including phenoxy) is 1. The largest absolute Gasteiger partial charge is 0.426 e. The standard InChI is InChI=1S/C21H14FNO3/c22-16-8-6-15(7-9-16)21-18-11-10-17(13-19(18)26-23-21)25-20(24)12-14-4-2-1-3-5-14/h1-11,13H,12H2. The summed E-state index contributed by atoms with van der Waals surface area (Å²) < 4.78 is 23.8. The van der Waals surface area contributed by atoms with Crippen LogP contribution in [0.2, 0.25) is 0 Å². The minimum absolute atomic E-state index is 0.191. The molecule has 0 spiro atoms. The lowest BCUT2D eigenvalue weighted by atomic mass is 10.1. The molecule has 0 aliphatic carbocycles. The van der Waals surface area contributed by atoms with Crippen molar-refractivity contribution in [1.82, 2.24) is 5.16 Å². The van der Waals surface area contributed by atoms with Crippen molar-refractivity contribution in [2.75, 3.05) is 0 Å². The van der Waals surface area contributed by atoms with Crippen LogP contribution in [0, 0.1) is 5.82 Å². The number of rotatable bonds is 4. The monoisotopic (exact) mass is 347 g/mol. The molecule has 4 aromatic rings. The molecule has 128 valence electrons. The second-order valence-corrected chi connectivity index (χ2v) is 5.83. The predicted octanol–water partition coefficient (Wildman–Crippen LogP) is 4.78. The molecular formula is C21H14FNO3. The Balaban J connectivity index is 1.55. The Morgan fingerprint density at radius 2 is 1.77 bits per heavy atom. The van der Waals surface area contributed by atoms with Crippen LogP contribution in [0.15, 0.2) is 77.3 Å². The molecule has 0 bridgehead atoms. The highest BCUT2D eigenvalue weighted by atomic mass is 19.1. The van der Waals surface area contributed by atoms with Gasteiger partial charge in [-0.25, -0.2) is 4.39 Å². The van der Waals surface area contributed by atoms with E-state index in [0.29, 0.717) is 17.0 Å². The minimum atomic E-state index is -0.353. The average Bonchev–Trinajstić information content (AvgIpc) is 3.06. The quantitative estimate of drug-likeness (QED) is 0.394. The molecule has 3 aromatic carbocycles. The van der Waals surface area contributed by atoms with Crippen molar-refractivity contribution in [2.24, 2.45) is 0 Å². The Labute approximate surface area is 148 Å². The Hall–Kier alpha value is -3.47. The number of benzene rings is 3. The molecule has 0 amide bonds. The van der Waals surface area contributed by atoms with Crippen molar-refractivity contribution in [1.29, 1.82) is 0 Å². The molecule has 0 aliphatic rings. The van der Waals surface area contributed by atoms with E-state index in [1.807, 2.05) is 30.3 Å². The van der Waals surface area contributed by atoms with Crippen molar-refractivity contribution in [3.05, 3.63) is 84.2 Å². The molecule has 0 fully saturated rings. The first-order chi connectivity index (χ1) is 12.7. The lowest BCUT2D eigenvalue weighted by Gasteiger charge is -2.04. The maximum atomic E-state index is 13.1. The van der Waals surface area contributed by atoms with Crippen LogP contribution in [0.4, 0.5) is 4.39 Å². The molecule has 0 saturated carbocycles. The van der Waals surface area contributed by atoms with Crippen LogP contribution in [-0.2, 0) is 11.2 Å². The second kappa shape index (κ2) is 6.80. The van der Waals surface area contributed by atoms with Gasteiger partial charge in [0.25, 0.3) is 0 Å². The minimum Gasteiger partial charge on any atom is -0.426 e. The summed E-state index contributed by atoms with van der Waals surface area (Å²) in [5.74, 6) is -0.275. The highest BCUT2D eigenvalue weighted by Gasteiger charge is 2.13. The van der Waals surface area contributed by atoms with Gasteiger partial charge >= 0.3 is 5.97 Å². The molecule has 0 saturated heterocycles. The van der Waals surface area contributed by atoms with E-state index in [1.165, 1.54) is 12.1 Å². The predicted molar refractivity (Wildman–Crippen MR) is 95.2 cm³/mol. The van der Waals surface area contributed by atoms with Crippen LogP contribution in [0.25, 0.3) is 22.2 Å². The van der Waals surface area contributed by atoms with E-state index in [1.54, 1.807) is 30.3 Å². The summed E-state index contributed by atoms with van der Waals surface area (Å²) in [4.78, 5) is 12.1. The van der Waals surface area contributed by atoms with Gasteiger partial charge in [-0.1, -0.05) is 35.5 Å². The van der Waals surface area contributed by atoms with Crippen LogP contribution in [0.3, 0.4) is 0 Å². The topological polar surface area (TPSA) is 52.3 Å². The van der Waals surface area contributed by atoms with Gasteiger partial charge in [-0.05, 0) is 42.0 Å². The molecule has 0 N–H and O–H groups in total. The second-order valence-electron chi connectivity index (χ2n) is 5.83. The van der Waals surface area contributed by atoms with E-state index in [-0.39, 0.29) is 18.2 Å². The van der Waals surface area contributed by atoms with Crippen LogP contribution < -0.4 is 4.74 Å². The molecule has 26 heavy (non-hydrogen) atoms. The highest BCUT2D eigenvalue weighted by molar-refractivity contribution is 5.92. The zero-order valence-corrected chi connectivity index (χ0v) is 13.7. The molecule has 0 atom stereocenters. The van der Waals surface area contributed by atoms with Crippen molar-refractivity contribution in [3.63, 3.8) is 0 Å². The van der Waals surface area contributed by atoms with E-state index in [4.69, 9.17) is 9.26 Å². The van der Waals surface area contributed by atoms with Crippen LogP contribution in [0.5, 0.6) is 5.75 Å². The van der Waals surface area contributed by atoms with Crippen molar-refractivity contribution in [2.45, 2.75) is 6.42 Å². The molecule has 5 heteroatoms. The lowest BCUT2D eigenvalue weighted by Crippen LogP contribution is -2.11. The fourth-order valence-corrected chi connectivity index (χ4v) is 2.73. The highest BCUT2D eigenvalue weighted by Crippen LogP contribution is 2.30. The van der Waals surface area contributed by atoms with E-state index < -0.39 is 0 Å². The van der Waals surface area contributed by atoms with E-state index in [2.05, 4.69) is 5.16 Å². The fraction of sp³-hybridized carbons (Fsp3) is 0.0476. The summed E-state index contributed by atoms with van der Waals surface area (Å²) >= 11 is 0. The van der Waals surface area contributed by atoms with E-state index in [9.17, 15) is 9.18 Å². The summed E-state index contributed by atoms with van der Waals surface area (Å²) in [5.41, 5.74) is 2.74. The number of aromatic nitrogens is 1. The summed E-state index contributed by atoms with van der Waals surface area (Å²) in [5, 5.41) is 4.81. The fourth-order valence-electron chi connectivity index (χ4n) is 2.73. The number of hydrogen-bond acceptors (Lipinski definition) is 4. The van der Waals surface area contributed by atoms with Gasteiger partial charge in [-0.3, -0.25) is 4.79 Å². The van der Waals surface area contributed by atoms with Gasteiger partial charge in [0.2, 0.25) is 0 Å². The molecule has 4 rings (SSSR count). The number of fused-ring (bicyclic) bond motifs is 1.